The summed E-state index contributed by atoms with van der Waals surface area (Å²) in [6.07, 6.45) is -5.59. The van der Waals surface area contributed by atoms with E-state index in [1.54, 1.807) is 104 Å². The Morgan fingerprint density at radius 2 is 1.55 bits per heavy atom. The number of halogens is 1. The molecule has 4 aliphatic rings. The molecule has 86 heavy (non-hydrogen) atoms. The first-order chi connectivity index (χ1) is 40.5. The zero-order valence-electron chi connectivity index (χ0n) is 52.6. The highest BCUT2D eigenvalue weighted by atomic mass is 35.5. The number of aliphatic hydroxyl groups is 3. The van der Waals surface area contributed by atoms with Crippen LogP contribution in [0, 0.1) is 23.7 Å². The van der Waals surface area contributed by atoms with E-state index in [1.807, 2.05) is 69.2 Å². The minimum absolute atomic E-state index is 0.0753. The second kappa shape index (κ2) is 28.9. The molecule has 7 N–H and O–H groups in total. The van der Waals surface area contributed by atoms with Gasteiger partial charge in [0.05, 0.1) is 54.1 Å². The highest BCUT2D eigenvalue weighted by Gasteiger charge is 2.53. The number of carbonyl (C=O) groups is 5. The lowest BCUT2D eigenvalue weighted by atomic mass is 9.77. The number of carbonyl (C=O) groups excluding carboxylic acids is 5. The highest BCUT2D eigenvalue weighted by Crippen LogP contribution is 2.49. The van der Waals surface area contributed by atoms with E-state index < -0.39 is 113 Å². The topological polar surface area (TPSA) is 256 Å². The van der Waals surface area contributed by atoms with E-state index in [1.165, 1.54) is 7.11 Å². The predicted octanol–water partition coefficient (Wildman–Crippen LogP) is 5.92. The summed E-state index contributed by atoms with van der Waals surface area (Å²) in [7, 11) is 8.48. The lowest BCUT2D eigenvalue weighted by Crippen LogP contribution is -2.61. The van der Waals surface area contributed by atoms with Crippen molar-refractivity contribution in [3.8, 4) is 5.75 Å². The summed E-state index contributed by atoms with van der Waals surface area (Å²) < 4.78 is 37.5. The molecule has 20 nitrogen and oxygen atoms in total. The van der Waals surface area contributed by atoms with Crippen LogP contribution in [0.5, 0.6) is 5.75 Å². The van der Waals surface area contributed by atoms with E-state index in [2.05, 4.69) is 21.3 Å². The summed E-state index contributed by atoms with van der Waals surface area (Å²) in [4.78, 5) is 76.0. The van der Waals surface area contributed by atoms with Crippen molar-refractivity contribution in [2.75, 3.05) is 47.2 Å². The van der Waals surface area contributed by atoms with Crippen molar-refractivity contribution < 1.29 is 67.7 Å². The van der Waals surface area contributed by atoms with Gasteiger partial charge in [0.15, 0.2) is 12.6 Å². The van der Waals surface area contributed by atoms with Gasteiger partial charge >= 0.3 is 0 Å². The number of hydrogen-bond acceptors (Lipinski definition) is 15. The van der Waals surface area contributed by atoms with Crippen LogP contribution in [-0.2, 0) is 65.9 Å². The molecule has 21 heteroatoms. The van der Waals surface area contributed by atoms with Crippen molar-refractivity contribution in [3.63, 3.8) is 0 Å². The van der Waals surface area contributed by atoms with Gasteiger partial charge in [0, 0.05) is 68.7 Å². The molecule has 0 unspecified atom stereocenters. The van der Waals surface area contributed by atoms with Gasteiger partial charge in [-0.25, -0.2) is 0 Å². The number of nitrogens with one attached hydrogen (secondary N) is 4. The molecule has 476 valence electrons. The fourth-order valence-electron chi connectivity index (χ4n) is 12.8. The minimum atomic E-state index is -1.71. The summed E-state index contributed by atoms with van der Waals surface area (Å²) in [5.74, 6) is -4.11. The number of likely N-dealkylation sites (N-methyl/N-ethyl adjacent to an activating group) is 1. The molecule has 3 aromatic carbocycles. The van der Waals surface area contributed by atoms with Crippen LogP contribution >= 0.6 is 11.6 Å². The Labute approximate surface area is 513 Å². The van der Waals surface area contributed by atoms with E-state index in [4.69, 9.17) is 40.0 Å². The zero-order valence-corrected chi connectivity index (χ0v) is 53.4. The van der Waals surface area contributed by atoms with Crippen LogP contribution in [0.2, 0.25) is 5.02 Å². The first-order valence-electron chi connectivity index (χ1n) is 30.3. The molecule has 0 radical (unpaired) electrons. The predicted molar refractivity (Wildman–Crippen MR) is 326 cm³/mol. The summed E-state index contributed by atoms with van der Waals surface area (Å²) in [5, 5.41) is 48.5. The number of aliphatic hydroxyl groups excluding tert-OH is 2. The lowest BCUT2D eigenvalue weighted by Gasteiger charge is -2.49. The monoisotopic (exact) mass is 1220 g/mol. The standard InChI is InChI=1S/C65H95ClN6O14/c1-36(2)53-60(78)68-46(30-42-19-23-45(24-20-42)67-59(77)49(31-43-17-15-16-18-48(43)66)69-62(79)65(27-28-65)44-21-25-47(81-13)26-22-44)32-51(73)72(12)35-37(3)33-63(8,80)57(86-61-54(74)50(71(10)11)29-38(4)83-61)39(5)55(40(6)58(76)70-53)85-52-34-64(9,82-14)56(75)41(7)84-52/h15-26,36-41,46,49-50,52-57,61,74-75,80H,27-35H2,1-14H3,(H,67,77)(H,68,78)(H,69,79)(H,70,76)/t37-,38-,39+,40-,41+,46-,49+,50+,52+,53+,54-,55+,56+,57-,61+,63-,64-/m1/s1. The molecule has 17 atom stereocenters. The molecule has 1 aliphatic carbocycles. The Kier molecular flexibility index (Phi) is 22.9. The fourth-order valence-corrected chi connectivity index (χ4v) is 13.1. The van der Waals surface area contributed by atoms with Gasteiger partial charge < -0.3 is 74.8 Å². The molecule has 3 heterocycles. The number of ether oxygens (including phenoxy) is 6. The lowest BCUT2D eigenvalue weighted by molar-refractivity contribution is -0.317. The Morgan fingerprint density at radius 3 is 2.15 bits per heavy atom. The van der Waals surface area contributed by atoms with Gasteiger partial charge in [-0.05, 0) is 133 Å². The number of anilines is 1. The van der Waals surface area contributed by atoms with Crippen LogP contribution in [0.4, 0.5) is 5.69 Å². The van der Waals surface area contributed by atoms with Crippen LogP contribution in [-0.4, -0.2) is 181 Å². The Bertz CT molecular complexity index is 2780. The van der Waals surface area contributed by atoms with Crippen LogP contribution in [0.25, 0.3) is 0 Å². The molecular formula is C65H95ClN6O14. The van der Waals surface area contributed by atoms with Crippen molar-refractivity contribution in [3.05, 3.63) is 94.5 Å². The maximum atomic E-state index is 15.0. The second-order valence-electron chi connectivity index (χ2n) is 25.9. The molecule has 0 spiro atoms. The molecule has 3 saturated heterocycles. The number of benzene rings is 3. The fraction of sp³-hybridized carbons (Fsp3) is 0.646. The summed E-state index contributed by atoms with van der Waals surface area (Å²) in [6.45, 7) is 16.2. The third-order valence-electron chi connectivity index (χ3n) is 18.2. The smallest absolute Gasteiger partial charge is 0.247 e. The summed E-state index contributed by atoms with van der Waals surface area (Å²) in [5.41, 5.74) is -0.906. The maximum absolute atomic E-state index is 15.0. The van der Waals surface area contributed by atoms with E-state index >= 15 is 0 Å². The van der Waals surface area contributed by atoms with Gasteiger partial charge in [-0.15, -0.1) is 0 Å². The van der Waals surface area contributed by atoms with Gasteiger partial charge in [-0.3, -0.25) is 24.0 Å². The third-order valence-corrected chi connectivity index (χ3v) is 18.5. The molecule has 3 aromatic rings. The van der Waals surface area contributed by atoms with Crippen molar-refractivity contribution >= 4 is 46.8 Å². The third kappa shape index (κ3) is 16.5. The van der Waals surface area contributed by atoms with E-state index in [0.717, 1.165) is 11.1 Å². The number of nitrogens with zero attached hydrogens (tertiary/aromatic N) is 2. The van der Waals surface area contributed by atoms with Crippen LogP contribution in [0.3, 0.4) is 0 Å². The summed E-state index contributed by atoms with van der Waals surface area (Å²) >= 11 is 6.60. The first-order valence-corrected chi connectivity index (χ1v) is 30.7. The minimum Gasteiger partial charge on any atom is -0.497 e. The van der Waals surface area contributed by atoms with Crippen molar-refractivity contribution in [1.29, 1.82) is 0 Å². The normalized spacial score (nSPS) is 33.5. The maximum Gasteiger partial charge on any atom is 0.247 e. The van der Waals surface area contributed by atoms with Crippen LogP contribution in [0.15, 0.2) is 72.8 Å². The number of methoxy groups -OCH3 is 2. The number of rotatable bonds is 17. The van der Waals surface area contributed by atoms with Crippen LogP contribution < -0.4 is 26.0 Å². The van der Waals surface area contributed by atoms with E-state index in [9.17, 15) is 39.3 Å². The van der Waals surface area contributed by atoms with Crippen molar-refractivity contribution in [2.45, 2.75) is 204 Å². The average molecular weight is 1220 g/mol. The van der Waals surface area contributed by atoms with Gasteiger partial charge in [0.1, 0.15) is 30.0 Å². The van der Waals surface area contributed by atoms with Gasteiger partial charge in [-0.2, -0.15) is 0 Å². The first kappa shape index (κ1) is 68.2. The Morgan fingerprint density at radius 1 is 0.884 bits per heavy atom. The average Bonchev–Trinajstić information content (AvgIpc) is 1.61. The molecule has 4 fully saturated rings. The second-order valence-corrected chi connectivity index (χ2v) is 26.3. The zero-order chi connectivity index (χ0) is 63.2. The molecule has 1 saturated carbocycles. The number of amides is 5. The van der Waals surface area contributed by atoms with E-state index in [0.29, 0.717) is 41.3 Å². The summed E-state index contributed by atoms with van der Waals surface area (Å²) in [6, 6.07) is 18.4. The largest absolute Gasteiger partial charge is 0.497 e. The Balaban J connectivity index is 1.15. The van der Waals surface area contributed by atoms with Crippen molar-refractivity contribution in [2.24, 2.45) is 23.7 Å². The molecule has 0 bridgehead atoms. The number of hydrogen-bond donors (Lipinski definition) is 7. The highest BCUT2D eigenvalue weighted by molar-refractivity contribution is 6.31. The molecule has 0 aromatic heterocycles. The van der Waals surface area contributed by atoms with E-state index in [-0.39, 0.29) is 68.5 Å². The quantitative estimate of drug-likeness (QED) is 0.0828. The van der Waals surface area contributed by atoms with Gasteiger partial charge in [0.2, 0.25) is 29.5 Å². The van der Waals surface area contributed by atoms with Crippen LogP contribution in [0.1, 0.15) is 118 Å². The molecule has 3 aliphatic heterocycles. The molecule has 7 rings (SSSR count). The Hall–Kier alpha value is -5.26. The van der Waals surface area contributed by atoms with Gasteiger partial charge in [0.25, 0.3) is 0 Å². The SMILES string of the molecule is COc1ccc(C2(C(=O)N[C@@H](Cc3ccccc3Cl)C(=O)Nc3ccc(C[C@@H]4CC(=O)N(C)C[C@H](C)C[C@@](C)(O)[C@H](O[C@@H]5O[C@H](C)C[C@H](N(C)C)[C@H]5O)[C@@H](C)[C@H](O[C@H]5C[C@@](C)(OC)[C@@H](O)[C@H](C)O5)[C@@H](C)C(=O)N[C@@H](C(C)C)C(=O)N4)cc3)CC2)cc1. The molecular weight excluding hydrogens is 1120 g/mol. The van der Waals surface area contributed by atoms with Gasteiger partial charge in [-0.1, -0.05) is 88.7 Å². The van der Waals surface area contributed by atoms with Crippen molar-refractivity contribution in [1.82, 2.24) is 25.8 Å². The molecule has 5 amide bonds.